The number of carbonyl (C=O) groups excluding carboxylic acids is 1. The van der Waals surface area contributed by atoms with Crippen LogP contribution in [0.25, 0.3) is 0 Å². The molecule has 1 aliphatic rings. The summed E-state index contributed by atoms with van der Waals surface area (Å²) in [6, 6.07) is 9.54. The van der Waals surface area contributed by atoms with Crippen molar-refractivity contribution in [2.45, 2.75) is 46.6 Å². The van der Waals surface area contributed by atoms with Gasteiger partial charge in [0.1, 0.15) is 5.75 Å². The van der Waals surface area contributed by atoms with Crippen LogP contribution in [0.3, 0.4) is 0 Å². The molecular formula is C25H36N4O2S. The molecule has 1 saturated heterocycles. The highest BCUT2D eigenvalue weighted by Crippen LogP contribution is 2.34. The van der Waals surface area contributed by atoms with Gasteiger partial charge in [0.15, 0.2) is 0 Å². The summed E-state index contributed by atoms with van der Waals surface area (Å²) in [6.07, 6.45) is 5.58. The van der Waals surface area contributed by atoms with Crippen LogP contribution in [-0.2, 0) is 0 Å². The molecule has 1 atom stereocenters. The van der Waals surface area contributed by atoms with E-state index in [1.165, 1.54) is 0 Å². The van der Waals surface area contributed by atoms with Gasteiger partial charge in [-0.2, -0.15) is 11.8 Å². The van der Waals surface area contributed by atoms with E-state index in [0.29, 0.717) is 12.3 Å². The Balaban J connectivity index is 1.76. The Labute approximate surface area is 196 Å². The quantitative estimate of drug-likeness (QED) is 0.497. The van der Waals surface area contributed by atoms with Crippen LogP contribution in [0, 0.1) is 5.41 Å². The summed E-state index contributed by atoms with van der Waals surface area (Å²) in [7, 11) is 0. The molecule has 1 aliphatic heterocycles. The van der Waals surface area contributed by atoms with Gasteiger partial charge in [0.2, 0.25) is 0 Å². The number of ether oxygens (including phenoxy) is 1. The Morgan fingerprint density at radius 1 is 1.25 bits per heavy atom. The number of anilines is 2. The van der Waals surface area contributed by atoms with Gasteiger partial charge in [0.05, 0.1) is 18.3 Å². The number of nitrogens with zero attached hydrogens (tertiary/aromatic N) is 2. The van der Waals surface area contributed by atoms with E-state index in [2.05, 4.69) is 60.3 Å². The monoisotopic (exact) mass is 456 g/mol. The van der Waals surface area contributed by atoms with E-state index in [1.807, 2.05) is 30.0 Å². The third kappa shape index (κ3) is 6.79. The first-order chi connectivity index (χ1) is 15.4. The van der Waals surface area contributed by atoms with Crippen LogP contribution in [0.1, 0.15) is 52.1 Å². The number of rotatable bonds is 8. The average Bonchev–Trinajstić information content (AvgIpc) is 2.79. The fourth-order valence-electron chi connectivity index (χ4n) is 3.71. The third-order valence-electron chi connectivity index (χ3n) is 5.50. The molecule has 3 rings (SSSR count). The summed E-state index contributed by atoms with van der Waals surface area (Å²) in [4.78, 5) is 19.6. The molecule has 7 heteroatoms. The zero-order chi connectivity index (χ0) is 23.0. The van der Waals surface area contributed by atoms with Gasteiger partial charge < -0.3 is 20.3 Å². The number of pyridine rings is 1. The molecule has 0 radical (unpaired) electrons. The molecule has 174 valence electrons. The van der Waals surface area contributed by atoms with Gasteiger partial charge >= 0.3 is 6.03 Å². The van der Waals surface area contributed by atoms with Crippen molar-refractivity contribution < 1.29 is 9.53 Å². The predicted octanol–water partition coefficient (Wildman–Crippen LogP) is 5.72. The van der Waals surface area contributed by atoms with Crippen LogP contribution in [0.2, 0.25) is 0 Å². The van der Waals surface area contributed by atoms with E-state index < -0.39 is 0 Å². The number of hydrogen-bond acceptors (Lipinski definition) is 5. The number of aromatic nitrogens is 1. The maximum Gasteiger partial charge on any atom is 0.319 e. The first-order valence-corrected chi connectivity index (χ1v) is 12.6. The Bertz CT molecular complexity index is 864. The van der Waals surface area contributed by atoms with E-state index in [0.717, 1.165) is 54.4 Å². The lowest BCUT2D eigenvalue weighted by molar-refractivity contribution is 0.229. The number of benzene rings is 1. The summed E-state index contributed by atoms with van der Waals surface area (Å²) in [5.41, 5.74) is 2.64. The minimum absolute atomic E-state index is 0.170. The average molecular weight is 457 g/mol. The molecule has 0 aliphatic carbocycles. The van der Waals surface area contributed by atoms with Gasteiger partial charge in [-0.25, -0.2) is 4.79 Å². The summed E-state index contributed by atoms with van der Waals surface area (Å²) in [5, 5.41) is 6.16. The molecule has 6 nitrogen and oxygen atoms in total. The van der Waals surface area contributed by atoms with Gasteiger partial charge in [0, 0.05) is 48.7 Å². The molecule has 2 heterocycles. The fraction of sp³-hybridized carbons (Fsp3) is 0.520. The number of carbonyl (C=O) groups is 1. The Kier molecular flexibility index (Phi) is 8.67. The number of unbranched alkanes of at least 4 members (excludes halogenated alkanes) is 1. The summed E-state index contributed by atoms with van der Waals surface area (Å²) >= 11 is 1.99. The molecular weight excluding hydrogens is 420 g/mol. The van der Waals surface area contributed by atoms with Crippen molar-refractivity contribution in [3.63, 3.8) is 0 Å². The highest BCUT2D eigenvalue weighted by atomic mass is 32.2. The van der Waals surface area contributed by atoms with Crippen LogP contribution in [0.15, 0.2) is 42.7 Å². The first-order valence-electron chi connectivity index (χ1n) is 11.5. The molecule has 0 bridgehead atoms. The minimum atomic E-state index is -0.253. The highest BCUT2D eigenvalue weighted by Gasteiger charge is 2.28. The number of urea groups is 1. The van der Waals surface area contributed by atoms with Crippen molar-refractivity contribution in [2.24, 2.45) is 5.41 Å². The van der Waals surface area contributed by atoms with E-state index in [-0.39, 0.29) is 17.5 Å². The SMILES string of the molecule is CCCCOc1cc(N2CCSCC2)ccc1NC(=O)NC(c1cccnc1)C(C)(C)C. The van der Waals surface area contributed by atoms with Crippen LogP contribution in [-0.4, -0.2) is 42.2 Å². The summed E-state index contributed by atoms with van der Waals surface area (Å²) in [6.45, 7) is 11.2. The normalized spacial score (nSPS) is 15.2. The molecule has 2 amide bonds. The standard InChI is InChI=1S/C25H36N4O2S/c1-5-6-14-31-22-17-20(29-12-15-32-16-13-29)9-10-21(22)27-24(30)28-23(25(2,3)4)19-8-7-11-26-18-19/h7-11,17-18,23H,5-6,12-16H2,1-4H3,(H2,27,28,30). The molecule has 32 heavy (non-hydrogen) atoms. The minimum Gasteiger partial charge on any atom is -0.491 e. The van der Waals surface area contributed by atoms with Crippen molar-refractivity contribution in [1.82, 2.24) is 10.3 Å². The molecule has 1 fully saturated rings. The highest BCUT2D eigenvalue weighted by molar-refractivity contribution is 7.99. The summed E-state index contributed by atoms with van der Waals surface area (Å²) < 4.78 is 6.08. The van der Waals surface area contributed by atoms with Crippen LogP contribution in [0.4, 0.5) is 16.2 Å². The van der Waals surface area contributed by atoms with Crippen LogP contribution >= 0.6 is 11.8 Å². The topological polar surface area (TPSA) is 66.5 Å². The number of hydrogen-bond donors (Lipinski definition) is 2. The van der Waals surface area contributed by atoms with E-state index >= 15 is 0 Å². The van der Waals surface area contributed by atoms with Gasteiger partial charge in [-0.3, -0.25) is 4.98 Å². The van der Waals surface area contributed by atoms with Gasteiger partial charge in [0.25, 0.3) is 0 Å². The van der Waals surface area contributed by atoms with Crippen LogP contribution in [0.5, 0.6) is 5.75 Å². The molecule has 0 saturated carbocycles. The molecule has 2 N–H and O–H groups in total. The van der Waals surface area contributed by atoms with Crippen molar-refractivity contribution in [3.05, 3.63) is 48.3 Å². The van der Waals surface area contributed by atoms with Gasteiger partial charge in [-0.1, -0.05) is 40.2 Å². The van der Waals surface area contributed by atoms with E-state index in [1.54, 1.807) is 12.4 Å². The maximum atomic E-state index is 13.0. The van der Waals surface area contributed by atoms with E-state index in [4.69, 9.17) is 4.74 Å². The third-order valence-corrected chi connectivity index (χ3v) is 6.45. The smallest absolute Gasteiger partial charge is 0.319 e. The lowest BCUT2D eigenvalue weighted by Crippen LogP contribution is -2.39. The van der Waals surface area contributed by atoms with Gasteiger partial charge in [-0.05, 0) is 35.6 Å². The lowest BCUT2D eigenvalue weighted by Gasteiger charge is -2.32. The zero-order valence-electron chi connectivity index (χ0n) is 19.7. The Morgan fingerprint density at radius 3 is 2.69 bits per heavy atom. The van der Waals surface area contributed by atoms with Crippen molar-refractivity contribution in [1.29, 1.82) is 0 Å². The maximum absolute atomic E-state index is 13.0. The van der Waals surface area contributed by atoms with Crippen LogP contribution < -0.4 is 20.3 Å². The molecule has 0 spiro atoms. The largest absolute Gasteiger partial charge is 0.491 e. The van der Waals surface area contributed by atoms with Crippen molar-refractivity contribution >= 4 is 29.2 Å². The molecule has 1 unspecified atom stereocenters. The molecule has 2 aromatic rings. The molecule has 1 aromatic carbocycles. The predicted molar refractivity (Wildman–Crippen MR) is 135 cm³/mol. The lowest BCUT2D eigenvalue weighted by atomic mass is 9.83. The molecule has 1 aromatic heterocycles. The first kappa shape index (κ1) is 24.2. The Hall–Kier alpha value is -2.41. The van der Waals surface area contributed by atoms with Crippen molar-refractivity contribution in [3.8, 4) is 5.75 Å². The summed E-state index contributed by atoms with van der Waals surface area (Å²) in [5.74, 6) is 2.99. The van der Waals surface area contributed by atoms with Gasteiger partial charge in [-0.15, -0.1) is 0 Å². The van der Waals surface area contributed by atoms with E-state index in [9.17, 15) is 4.79 Å². The zero-order valence-corrected chi connectivity index (χ0v) is 20.5. The number of nitrogens with one attached hydrogen (secondary N) is 2. The second-order valence-electron chi connectivity index (χ2n) is 9.17. The van der Waals surface area contributed by atoms with Crippen molar-refractivity contribution in [2.75, 3.05) is 41.4 Å². The number of thioether (sulfide) groups is 1. The number of amides is 2. The fourth-order valence-corrected chi connectivity index (χ4v) is 4.62. The second kappa shape index (κ2) is 11.5. The Morgan fingerprint density at radius 2 is 2.03 bits per heavy atom. The second-order valence-corrected chi connectivity index (χ2v) is 10.4.